The minimum atomic E-state index is -0.449. The highest BCUT2D eigenvalue weighted by molar-refractivity contribution is 7.99. The quantitative estimate of drug-likeness (QED) is 0.774. The second-order valence-electron chi connectivity index (χ2n) is 5.53. The number of nitrogens with one attached hydrogen (secondary N) is 1. The van der Waals surface area contributed by atoms with E-state index in [1.165, 1.54) is 0 Å². The number of amides is 1. The monoisotopic (exact) mass is 232 g/mol. The first-order valence-corrected chi connectivity index (χ1v) is 6.41. The molecule has 15 heavy (non-hydrogen) atoms. The summed E-state index contributed by atoms with van der Waals surface area (Å²) in [5.74, 6) is -0.0652. The highest BCUT2D eigenvalue weighted by Crippen LogP contribution is 2.21. The van der Waals surface area contributed by atoms with Gasteiger partial charge in [0.25, 0.3) is 0 Å². The number of carbonyl (C=O) groups excluding carboxylic acids is 1. The van der Waals surface area contributed by atoms with Gasteiger partial charge in [-0.15, -0.1) is 0 Å². The summed E-state index contributed by atoms with van der Waals surface area (Å²) in [6.45, 7) is 10.8. The Morgan fingerprint density at radius 3 is 2.13 bits per heavy atom. The topological polar surface area (TPSA) is 55.1 Å². The van der Waals surface area contributed by atoms with Gasteiger partial charge >= 0.3 is 0 Å². The van der Waals surface area contributed by atoms with Crippen LogP contribution in [0.25, 0.3) is 0 Å². The van der Waals surface area contributed by atoms with Gasteiger partial charge in [0.1, 0.15) is 0 Å². The van der Waals surface area contributed by atoms with Crippen LogP contribution in [0.4, 0.5) is 0 Å². The van der Waals surface area contributed by atoms with E-state index in [-0.39, 0.29) is 16.1 Å². The highest BCUT2D eigenvalue weighted by Gasteiger charge is 2.28. The molecule has 0 aliphatic heterocycles. The molecule has 0 aliphatic rings. The van der Waals surface area contributed by atoms with Gasteiger partial charge in [-0.25, -0.2) is 0 Å². The van der Waals surface area contributed by atoms with Crippen molar-refractivity contribution in [2.45, 2.75) is 45.4 Å². The molecule has 1 amide bonds. The lowest BCUT2D eigenvalue weighted by atomic mass is 9.87. The predicted molar refractivity (Wildman–Crippen MR) is 68.0 cm³/mol. The molecular formula is C11H24N2OS. The number of nitrogens with two attached hydrogens (primary N) is 1. The largest absolute Gasteiger partial charge is 0.353 e. The molecule has 0 heterocycles. The fourth-order valence-electron chi connectivity index (χ4n) is 0.875. The van der Waals surface area contributed by atoms with E-state index in [1.807, 2.05) is 27.0 Å². The van der Waals surface area contributed by atoms with Crippen molar-refractivity contribution in [2.75, 3.05) is 12.8 Å². The molecule has 0 bridgehead atoms. The van der Waals surface area contributed by atoms with Gasteiger partial charge in [-0.05, 0) is 25.5 Å². The zero-order chi connectivity index (χ0) is 12.3. The zero-order valence-corrected chi connectivity index (χ0v) is 11.5. The van der Waals surface area contributed by atoms with Gasteiger partial charge in [0.05, 0.1) is 6.04 Å². The highest BCUT2D eigenvalue weighted by atomic mass is 32.2. The summed E-state index contributed by atoms with van der Waals surface area (Å²) in [5.41, 5.74) is 5.66. The van der Waals surface area contributed by atoms with E-state index in [0.29, 0.717) is 6.54 Å². The Bertz CT molecular complexity index is 221. The van der Waals surface area contributed by atoms with Crippen LogP contribution < -0.4 is 11.1 Å². The molecule has 0 fully saturated rings. The minimum Gasteiger partial charge on any atom is -0.353 e. The summed E-state index contributed by atoms with van der Waals surface area (Å²) < 4.78 is 0.0628. The lowest BCUT2D eigenvalue weighted by molar-refractivity contribution is -0.124. The SMILES string of the molecule is CSC(C)(C)CNC(=O)C(N)C(C)(C)C. The fourth-order valence-corrected chi connectivity index (χ4v) is 1.09. The van der Waals surface area contributed by atoms with Crippen LogP contribution in [0, 0.1) is 5.41 Å². The van der Waals surface area contributed by atoms with Crippen molar-refractivity contribution >= 4 is 17.7 Å². The third-order valence-corrected chi connectivity index (χ3v) is 3.71. The summed E-state index contributed by atoms with van der Waals surface area (Å²) in [7, 11) is 0. The summed E-state index contributed by atoms with van der Waals surface area (Å²) >= 11 is 1.73. The lowest BCUT2D eigenvalue weighted by Gasteiger charge is -2.28. The normalized spacial score (nSPS) is 14.9. The van der Waals surface area contributed by atoms with Crippen molar-refractivity contribution in [3.63, 3.8) is 0 Å². The summed E-state index contributed by atoms with van der Waals surface area (Å²) in [5, 5.41) is 2.90. The van der Waals surface area contributed by atoms with E-state index in [4.69, 9.17) is 5.73 Å². The zero-order valence-electron chi connectivity index (χ0n) is 10.7. The maximum Gasteiger partial charge on any atom is 0.237 e. The molecule has 90 valence electrons. The molecule has 3 nitrogen and oxygen atoms in total. The molecule has 0 aromatic rings. The Balaban J connectivity index is 4.17. The second-order valence-corrected chi connectivity index (χ2v) is 7.04. The molecule has 0 aromatic heterocycles. The maximum atomic E-state index is 11.7. The summed E-state index contributed by atoms with van der Waals surface area (Å²) in [6.07, 6.45) is 2.04. The van der Waals surface area contributed by atoms with Crippen LogP contribution in [-0.4, -0.2) is 29.5 Å². The molecule has 0 aromatic carbocycles. The first kappa shape index (κ1) is 14.8. The smallest absolute Gasteiger partial charge is 0.237 e. The first-order valence-electron chi connectivity index (χ1n) is 5.18. The van der Waals surface area contributed by atoms with Crippen molar-refractivity contribution in [2.24, 2.45) is 11.1 Å². The summed E-state index contributed by atoms with van der Waals surface area (Å²) in [6, 6.07) is -0.449. The van der Waals surface area contributed by atoms with E-state index in [0.717, 1.165) is 0 Å². The van der Waals surface area contributed by atoms with E-state index in [2.05, 4.69) is 19.2 Å². The Kier molecular flexibility index (Phi) is 5.14. The maximum absolute atomic E-state index is 11.7. The van der Waals surface area contributed by atoms with Crippen molar-refractivity contribution in [3.8, 4) is 0 Å². The Morgan fingerprint density at radius 1 is 1.33 bits per heavy atom. The number of thioether (sulfide) groups is 1. The van der Waals surface area contributed by atoms with Crippen molar-refractivity contribution in [1.29, 1.82) is 0 Å². The summed E-state index contributed by atoms with van der Waals surface area (Å²) in [4.78, 5) is 11.7. The van der Waals surface area contributed by atoms with Gasteiger partial charge in [0.15, 0.2) is 0 Å². The Morgan fingerprint density at radius 2 is 1.80 bits per heavy atom. The average Bonchev–Trinajstić information content (AvgIpc) is 2.11. The number of hydrogen-bond acceptors (Lipinski definition) is 3. The van der Waals surface area contributed by atoms with Crippen LogP contribution in [0.3, 0.4) is 0 Å². The fraction of sp³-hybridized carbons (Fsp3) is 0.909. The minimum absolute atomic E-state index is 0.0628. The first-order chi connectivity index (χ1) is 6.60. The van der Waals surface area contributed by atoms with Crippen LogP contribution in [0.1, 0.15) is 34.6 Å². The lowest BCUT2D eigenvalue weighted by Crippen LogP contribution is -2.50. The average molecular weight is 232 g/mol. The van der Waals surface area contributed by atoms with Gasteiger partial charge < -0.3 is 11.1 Å². The van der Waals surface area contributed by atoms with Crippen LogP contribution >= 0.6 is 11.8 Å². The van der Waals surface area contributed by atoms with Crippen LogP contribution in [0.2, 0.25) is 0 Å². The molecule has 1 unspecified atom stereocenters. The standard InChI is InChI=1S/C11H24N2OS/c1-10(2,3)8(12)9(14)13-7-11(4,5)15-6/h8H,7,12H2,1-6H3,(H,13,14). The molecule has 3 N–H and O–H groups in total. The third kappa shape index (κ3) is 5.42. The number of hydrogen-bond donors (Lipinski definition) is 2. The van der Waals surface area contributed by atoms with Crippen molar-refractivity contribution in [1.82, 2.24) is 5.32 Å². The molecule has 0 rings (SSSR count). The number of rotatable bonds is 4. The number of carbonyl (C=O) groups is 1. The van der Waals surface area contributed by atoms with Gasteiger partial charge in [0, 0.05) is 11.3 Å². The Hall–Kier alpha value is -0.220. The molecule has 0 spiro atoms. The predicted octanol–water partition coefficient (Wildman–Crippen LogP) is 1.62. The molecule has 0 saturated heterocycles. The second kappa shape index (κ2) is 5.21. The van der Waals surface area contributed by atoms with E-state index in [9.17, 15) is 4.79 Å². The van der Waals surface area contributed by atoms with Crippen LogP contribution in [0.5, 0.6) is 0 Å². The van der Waals surface area contributed by atoms with E-state index >= 15 is 0 Å². The van der Waals surface area contributed by atoms with Crippen LogP contribution in [0.15, 0.2) is 0 Å². The van der Waals surface area contributed by atoms with Gasteiger partial charge in [0.2, 0.25) is 5.91 Å². The molecule has 4 heteroatoms. The molecule has 0 saturated carbocycles. The van der Waals surface area contributed by atoms with E-state index in [1.54, 1.807) is 11.8 Å². The molecular weight excluding hydrogens is 208 g/mol. The third-order valence-electron chi connectivity index (χ3n) is 2.46. The van der Waals surface area contributed by atoms with Gasteiger partial charge in [-0.3, -0.25) is 4.79 Å². The Labute approximate surface area is 97.6 Å². The van der Waals surface area contributed by atoms with E-state index < -0.39 is 6.04 Å². The molecule has 0 aliphatic carbocycles. The van der Waals surface area contributed by atoms with Crippen LogP contribution in [-0.2, 0) is 4.79 Å². The van der Waals surface area contributed by atoms with Gasteiger partial charge in [-0.2, -0.15) is 11.8 Å². The molecule has 0 radical (unpaired) electrons. The molecule has 1 atom stereocenters. The van der Waals surface area contributed by atoms with Crippen molar-refractivity contribution in [3.05, 3.63) is 0 Å². The van der Waals surface area contributed by atoms with Crippen molar-refractivity contribution < 1.29 is 4.79 Å². The van der Waals surface area contributed by atoms with Gasteiger partial charge in [-0.1, -0.05) is 20.8 Å².